The lowest BCUT2D eigenvalue weighted by molar-refractivity contribution is 0.0827. The van der Waals surface area contributed by atoms with Gasteiger partial charge in [0.15, 0.2) is 5.96 Å². The van der Waals surface area contributed by atoms with E-state index in [0.29, 0.717) is 24.6 Å². The third-order valence-electron chi connectivity index (χ3n) is 3.74. The molecule has 0 fully saturated rings. The quantitative estimate of drug-likeness (QED) is 0.576. The van der Waals surface area contributed by atoms with Crippen molar-refractivity contribution in [3.05, 3.63) is 69.4 Å². The molecule has 0 bridgehead atoms. The largest absolute Gasteiger partial charge is 0.352 e. The lowest BCUT2D eigenvalue weighted by Crippen LogP contribution is -2.36. The number of hydrogen-bond acceptors (Lipinski definition) is 2. The monoisotopic (exact) mass is 420 g/mol. The highest BCUT2D eigenvalue weighted by Gasteiger charge is 2.08. The molecule has 0 saturated heterocycles. The maximum Gasteiger partial charge on any atom is 0.253 e. The fraction of sp³-hybridized carbons (Fsp3) is 0.263. The zero-order valence-electron chi connectivity index (χ0n) is 15.0. The normalized spacial score (nSPS) is 11.2. The van der Waals surface area contributed by atoms with E-state index in [9.17, 15) is 9.18 Å². The standard InChI is InChI=1S/C19H22BrFN4O/c1-22-19(24-12-15-10-16(21)8-9-17(15)20)23-11-13-4-6-14(7-5-13)18(26)25(2)3/h4-10H,11-12H2,1-3H3,(H2,22,23,24). The second-order valence-electron chi connectivity index (χ2n) is 5.91. The van der Waals surface area contributed by atoms with Crippen molar-refractivity contribution < 1.29 is 9.18 Å². The molecular formula is C19H22BrFN4O. The van der Waals surface area contributed by atoms with Crippen LogP contribution < -0.4 is 10.6 Å². The molecule has 7 heteroatoms. The van der Waals surface area contributed by atoms with Crippen LogP contribution in [0.3, 0.4) is 0 Å². The highest BCUT2D eigenvalue weighted by molar-refractivity contribution is 9.10. The predicted octanol–water partition coefficient (Wildman–Crippen LogP) is 3.16. The van der Waals surface area contributed by atoms with Crippen LogP contribution in [0.5, 0.6) is 0 Å². The molecule has 1 amide bonds. The SMILES string of the molecule is CN=C(NCc1ccc(C(=O)N(C)C)cc1)NCc1cc(F)ccc1Br. The summed E-state index contributed by atoms with van der Waals surface area (Å²) in [5.41, 5.74) is 2.48. The topological polar surface area (TPSA) is 56.7 Å². The minimum atomic E-state index is -0.277. The van der Waals surface area contributed by atoms with E-state index >= 15 is 0 Å². The number of nitrogens with zero attached hydrogens (tertiary/aromatic N) is 2. The predicted molar refractivity (Wildman–Crippen MR) is 106 cm³/mol. The van der Waals surface area contributed by atoms with Crippen molar-refractivity contribution in [3.8, 4) is 0 Å². The molecule has 0 radical (unpaired) electrons. The highest BCUT2D eigenvalue weighted by atomic mass is 79.9. The molecule has 0 saturated carbocycles. The van der Waals surface area contributed by atoms with Crippen molar-refractivity contribution in [2.24, 2.45) is 4.99 Å². The van der Waals surface area contributed by atoms with E-state index in [1.54, 1.807) is 44.2 Å². The van der Waals surface area contributed by atoms with Crippen molar-refractivity contribution in [1.82, 2.24) is 15.5 Å². The third-order valence-corrected chi connectivity index (χ3v) is 4.52. The molecule has 0 aliphatic heterocycles. The minimum Gasteiger partial charge on any atom is -0.352 e. The van der Waals surface area contributed by atoms with Gasteiger partial charge in [0.25, 0.3) is 5.91 Å². The van der Waals surface area contributed by atoms with Crippen LogP contribution in [-0.4, -0.2) is 37.9 Å². The molecule has 0 unspecified atom stereocenters. The Kier molecular flexibility index (Phi) is 7.15. The molecule has 138 valence electrons. The molecular weight excluding hydrogens is 399 g/mol. The van der Waals surface area contributed by atoms with Gasteiger partial charge in [0.05, 0.1) is 0 Å². The molecule has 0 heterocycles. The fourth-order valence-corrected chi connectivity index (χ4v) is 2.67. The van der Waals surface area contributed by atoms with E-state index in [-0.39, 0.29) is 11.7 Å². The Morgan fingerprint density at radius 1 is 1.12 bits per heavy atom. The zero-order valence-corrected chi connectivity index (χ0v) is 16.6. The van der Waals surface area contributed by atoms with Crippen LogP contribution in [0.2, 0.25) is 0 Å². The van der Waals surface area contributed by atoms with Gasteiger partial charge in [-0.05, 0) is 41.5 Å². The molecule has 2 N–H and O–H groups in total. The maximum absolute atomic E-state index is 13.3. The number of aliphatic imine (C=N–C) groups is 1. The van der Waals surface area contributed by atoms with E-state index in [0.717, 1.165) is 15.6 Å². The molecule has 0 aromatic heterocycles. The van der Waals surface area contributed by atoms with Gasteiger partial charge >= 0.3 is 0 Å². The Hall–Kier alpha value is -2.41. The minimum absolute atomic E-state index is 0.0253. The number of rotatable bonds is 5. The Morgan fingerprint density at radius 3 is 2.38 bits per heavy atom. The molecule has 0 aliphatic rings. The lowest BCUT2D eigenvalue weighted by atomic mass is 10.1. The number of halogens is 2. The van der Waals surface area contributed by atoms with Crippen molar-refractivity contribution in [3.63, 3.8) is 0 Å². The van der Waals surface area contributed by atoms with Crippen LogP contribution in [0, 0.1) is 5.82 Å². The lowest BCUT2D eigenvalue weighted by Gasteiger charge is -2.14. The Balaban J connectivity index is 1.90. The first-order valence-electron chi connectivity index (χ1n) is 8.09. The molecule has 0 aliphatic carbocycles. The van der Waals surface area contributed by atoms with Crippen molar-refractivity contribution >= 4 is 27.8 Å². The molecule has 26 heavy (non-hydrogen) atoms. The average Bonchev–Trinajstić information content (AvgIpc) is 2.64. The van der Waals surface area contributed by atoms with Gasteiger partial charge in [-0.3, -0.25) is 9.79 Å². The fourth-order valence-electron chi connectivity index (χ4n) is 2.29. The second-order valence-corrected chi connectivity index (χ2v) is 6.77. The average molecular weight is 421 g/mol. The summed E-state index contributed by atoms with van der Waals surface area (Å²) >= 11 is 3.41. The van der Waals surface area contributed by atoms with Crippen LogP contribution in [0.4, 0.5) is 4.39 Å². The molecule has 2 aromatic carbocycles. The summed E-state index contributed by atoms with van der Waals surface area (Å²) in [6.45, 7) is 0.995. The number of carbonyl (C=O) groups excluding carboxylic acids is 1. The first-order valence-corrected chi connectivity index (χ1v) is 8.89. The highest BCUT2D eigenvalue weighted by Crippen LogP contribution is 2.17. The summed E-state index contributed by atoms with van der Waals surface area (Å²) in [6, 6.07) is 12.0. The van der Waals surface area contributed by atoms with E-state index in [1.807, 2.05) is 12.1 Å². The van der Waals surface area contributed by atoms with E-state index in [4.69, 9.17) is 0 Å². The molecule has 0 spiro atoms. The Morgan fingerprint density at radius 2 is 1.77 bits per heavy atom. The number of nitrogens with one attached hydrogen (secondary N) is 2. The summed E-state index contributed by atoms with van der Waals surface area (Å²) in [7, 11) is 5.13. The van der Waals surface area contributed by atoms with E-state index in [1.165, 1.54) is 12.1 Å². The van der Waals surface area contributed by atoms with Crippen LogP contribution in [0.1, 0.15) is 21.5 Å². The number of benzene rings is 2. The van der Waals surface area contributed by atoms with Gasteiger partial charge in [0.2, 0.25) is 0 Å². The van der Waals surface area contributed by atoms with Crippen molar-refractivity contribution in [2.75, 3.05) is 21.1 Å². The Bertz CT molecular complexity index is 791. The van der Waals surface area contributed by atoms with E-state index < -0.39 is 0 Å². The van der Waals surface area contributed by atoms with Crippen molar-refractivity contribution in [1.29, 1.82) is 0 Å². The maximum atomic E-state index is 13.3. The van der Waals surface area contributed by atoms with Gasteiger partial charge in [-0.1, -0.05) is 28.1 Å². The molecule has 2 rings (SSSR count). The Labute approximate surface area is 161 Å². The van der Waals surface area contributed by atoms with Gasteiger partial charge in [0.1, 0.15) is 5.82 Å². The van der Waals surface area contributed by atoms with Crippen LogP contribution in [-0.2, 0) is 13.1 Å². The van der Waals surface area contributed by atoms with Crippen molar-refractivity contribution in [2.45, 2.75) is 13.1 Å². The van der Waals surface area contributed by atoms with Gasteiger partial charge in [-0.2, -0.15) is 0 Å². The first kappa shape index (κ1) is 19.9. The molecule has 5 nitrogen and oxygen atoms in total. The summed E-state index contributed by atoms with van der Waals surface area (Å²) in [6.07, 6.45) is 0. The number of guanidine groups is 1. The summed E-state index contributed by atoms with van der Waals surface area (Å²) in [5, 5.41) is 6.35. The van der Waals surface area contributed by atoms with E-state index in [2.05, 4.69) is 31.6 Å². The third kappa shape index (κ3) is 5.56. The smallest absolute Gasteiger partial charge is 0.253 e. The van der Waals surface area contributed by atoms with Crippen LogP contribution >= 0.6 is 15.9 Å². The summed E-state index contributed by atoms with van der Waals surface area (Å²) < 4.78 is 14.2. The molecule has 2 aromatic rings. The first-order chi connectivity index (χ1) is 12.4. The number of amides is 1. The summed E-state index contributed by atoms with van der Waals surface area (Å²) in [4.78, 5) is 17.6. The van der Waals surface area contributed by atoms with Gasteiger partial charge < -0.3 is 15.5 Å². The summed E-state index contributed by atoms with van der Waals surface area (Å²) in [5.74, 6) is 0.303. The number of hydrogen-bond donors (Lipinski definition) is 2. The van der Waals surface area contributed by atoms with Gasteiger partial charge in [0, 0.05) is 44.3 Å². The van der Waals surface area contributed by atoms with Gasteiger partial charge in [-0.25, -0.2) is 4.39 Å². The van der Waals surface area contributed by atoms with Gasteiger partial charge in [-0.15, -0.1) is 0 Å². The second kappa shape index (κ2) is 9.33. The molecule has 0 atom stereocenters. The zero-order chi connectivity index (χ0) is 19.1. The number of carbonyl (C=O) groups is 1. The van der Waals surface area contributed by atoms with Crippen LogP contribution in [0.25, 0.3) is 0 Å². The van der Waals surface area contributed by atoms with Crippen LogP contribution in [0.15, 0.2) is 51.9 Å².